The largest absolute Gasteiger partial charge is 0.465 e. The van der Waals surface area contributed by atoms with Crippen molar-refractivity contribution >= 4 is 23.6 Å². The Hall–Kier alpha value is -3.43. The van der Waals surface area contributed by atoms with Gasteiger partial charge in [0.05, 0.1) is 18.8 Å². The van der Waals surface area contributed by atoms with Gasteiger partial charge in [-0.2, -0.15) is 0 Å². The number of nitrogens with zero attached hydrogens (tertiary/aromatic N) is 2. The number of esters is 1. The molecular formula is C38H49ClN4O4. The minimum Gasteiger partial charge on any atom is -0.465 e. The summed E-state index contributed by atoms with van der Waals surface area (Å²) < 4.78 is 5.09. The molecule has 8 nitrogen and oxygen atoms in total. The van der Waals surface area contributed by atoms with E-state index in [2.05, 4.69) is 69.0 Å². The fourth-order valence-corrected chi connectivity index (χ4v) is 7.28. The van der Waals surface area contributed by atoms with Gasteiger partial charge in [-0.1, -0.05) is 84.4 Å². The Morgan fingerprint density at radius 2 is 1.49 bits per heavy atom. The molecule has 0 spiro atoms. The van der Waals surface area contributed by atoms with Gasteiger partial charge in [0.1, 0.15) is 0 Å². The van der Waals surface area contributed by atoms with Crippen LogP contribution in [0.4, 0.5) is 4.79 Å². The molecule has 0 saturated carbocycles. The summed E-state index contributed by atoms with van der Waals surface area (Å²) in [5.74, 6) is -0.199. The molecule has 2 saturated heterocycles. The number of rotatable bonds is 13. The van der Waals surface area contributed by atoms with Gasteiger partial charge in [-0.15, -0.1) is 0 Å². The summed E-state index contributed by atoms with van der Waals surface area (Å²) in [7, 11) is 0. The molecule has 0 bridgehead atoms. The van der Waals surface area contributed by atoms with Crippen LogP contribution < -0.4 is 10.6 Å². The number of halogens is 1. The quantitative estimate of drug-likeness (QED) is 0.203. The summed E-state index contributed by atoms with van der Waals surface area (Å²) in [6.07, 6.45) is 4.73. The molecule has 0 aliphatic carbocycles. The van der Waals surface area contributed by atoms with E-state index in [0.717, 1.165) is 64.0 Å². The van der Waals surface area contributed by atoms with Gasteiger partial charge in [0.25, 0.3) is 0 Å². The van der Waals surface area contributed by atoms with Crippen LogP contribution >= 0.6 is 11.6 Å². The number of likely N-dealkylation sites (tertiary alicyclic amines) is 2. The number of piperidine rings is 2. The molecule has 0 aromatic heterocycles. The van der Waals surface area contributed by atoms with E-state index in [9.17, 15) is 14.7 Å². The molecule has 0 atom stereocenters. The Morgan fingerprint density at radius 1 is 0.894 bits per heavy atom. The topological polar surface area (TPSA) is 94.1 Å². The normalized spacial score (nSPS) is 17.6. The second-order valence-electron chi connectivity index (χ2n) is 13.0. The number of carbonyl (C=O) groups excluding carboxylic acids is 2. The smallest absolute Gasteiger partial charge is 0.320 e. The van der Waals surface area contributed by atoms with Crippen molar-refractivity contribution in [3.63, 3.8) is 0 Å². The summed E-state index contributed by atoms with van der Waals surface area (Å²) in [5.41, 5.74) is 2.04. The molecule has 0 radical (unpaired) electrons. The lowest BCUT2D eigenvalue weighted by atomic mass is 9.71. The minimum atomic E-state index is -0.826. The van der Waals surface area contributed by atoms with Crippen LogP contribution in [0.15, 0.2) is 84.9 Å². The van der Waals surface area contributed by atoms with Gasteiger partial charge in [-0.3, -0.25) is 9.69 Å². The van der Waals surface area contributed by atoms with Crippen molar-refractivity contribution in [2.24, 2.45) is 0 Å². The maximum absolute atomic E-state index is 13.3. The zero-order chi connectivity index (χ0) is 33.1. The van der Waals surface area contributed by atoms with Crippen molar-refractivity contribution < 1.29 is 19.4 Å². The first-order valence-corrected chi connectivity index (χ1v) is 17.4. The average Bonchev–Trinajstić information content (AvgIpc) is 3.09. The van der Waals surface area contributed by atoms with Crippen LogP contribution in [0.25, 0.3) is 0 Å². The summed E-state index contributed by atoms with van der Waals surface area (Å²) in [6.45, 7) is 7.01. The predicted octanol–water partition coefficient (Wildman–Crippen LogP) is 5.72. The van der Waals surface area contributed by atoms with Crippen molar-refractivity contribution in [1.29, 1.82) is 0 Å². The predicted molar refractivity (Wildman–Crippen MR) is 187 cm³/mol. The van der Waals surface area contributed by atoms with Gasteiger partial charge in [0, 0.05) is 49.2 Å². The number of urea groups is 1. The third kappa shape index (κ3) is 9.35. The first kappa shape index (κ1) is 34.9. The molecule has 5 rings (SSSR count). The molecule has 2 aliphatic heterocycles. The zero-order valence-corrected chi connectivity index (χ0v) is 28.3. The zero-order valence-electron chi connectivity index (χ0n) is 27.5. The summed E-state index contributed by atoms with van der Waals surface area (Å²) >= 11 is 6.08. The van der Waals surface area contributed by atoms with E-state index in [4.69, 9.17) is 16.3 Å². The molecule has 2 aliphatic rings. The maximum Gasteiger partial charge on any atom is 0.320 e. The van der Waals surface area contributed by atoms with Crippen molar-refractivity contribution in [2.75, 3.05) is 52.4 Å². The van der Waals surface area contributed by atoms with Crippen molar-refractivity contribution in [3.8, 4) is 0 Å². The second-order valence-corrected chi connectivity index (χ2v) is 13.4. The van der Waals surface area contributed by atoms with E-state index >= 15 is 0 Å². The Morgan fingerprint density at radius 3 is 2.06 bits per heavy atom. The summed E-state index contributed by atoms with van der Waals surface area (Å²) in [4.78, 5) is 29.7. The third-order valence-corrected chi connectivity index (χ3v) is 10.2. The van der Waals surface area contributed by atoms with Gasteiger partial charge < -0.3 is 25.4 Å². The van der Waals surface area contributed by atoms with E-state index in [-0.39, 0.29) is 18.0 Å². The van der Waals surface area contributed by atoms with E-state index in [0.29, 0.717) is 37.6 Å². The van der Waals surface area contributed by atoms with Gasteiger partial charge in [0.15, 0.2) is 0 Å². The lowest BCUT2D eigenvalue weighted by Crippen LogP contribution is -2.51. The highest BCUT2D eigenvalue weighted by atomic mass is 35.5. The van der Waals surface area contributed by atoms with Crippen molar-refractivity contribution in [3.05, 3.63) is 107 Å². The molecule has 47 heavy (non-hydrogen) atoms. The van der Waals surface area contributed by atoms with E-state index in [1.165, 1.54) is 11.1 Å². The second kappa shape index (κ2) is 16.6. The van der Waals surface area contributed by atoms with E-state index in [1.54, 1.807) is 0 Å². The van der Waals surface area contributed by atoms with Gasteiger partial charge in [0.2, 0.25) is 0 Å². The average molecular weight is 661 g/mol. The molecule has 252 valence electrons. The Balaban J connectivity index is 1.21. The van der Waals surface area contributed by atoms with Crippen LogP contribution in [-0.2, 0) is 20.5 Å². The number of nitrogens with one attached hydrogen (secondary N) is 2. The highest BCUT2D eigenvalue weighted by Crippen LogP contribution is 2.38. The highest BCUT2D eigenvalue weighted by molar-refractivity contribution is 6.30. The number of carbonyl (C=O) groups is 2. The van der Waals surface area contributed by atoms with Crippen molar-refractivity contribution in [1.82, 2.24) is 20.4 Å². The molecule has 2 heterocycles. The Labute approximate surface area is 284 Å². The van der Waals surface area contributed by atoms with Crippen LogP contribution in [0.1, 0.15) is 62.1 Å². The SMILES string of the molecule is CCOC(=O)CN1CCC(NC(=O)NCC(CCCN2CCC(O)(c3ccc(Cl)cc3)CC2)(c2ccccc2)c2ccccc2)CC1. The van der Waals surface area contributed by atoms with Crippen LogP contribution in [0.5, 0.6) is 0 Å². The number of hydrogen-bond acceptors (Lipinski definition) is 6. The number of amides is 2. The lowest BCUT2D eigenvalue weighted by Gasteiger charge is -2.40. The summed E-state index contributed by atoms with van der Waals surface area (Å²) in [5, 5.41) is 18.5. The fraction of sp³-hybridized carbons (Fsp3) is 0.474. The number of aliphatic hydroxyl groups is 1. The molecule has 3 aromatic carbocycles. The first-order chi connectivity index (χ1) is 22.8. The Kier molecular flexibility index (Phi) is 12.3. The molecule has 2 fully saturated rings. The molecule has 9 heteroatoms. The lowest BCUT2D eigenvalue weighted by molar-refractivity contribution is -0.144. The molecule has 0 unspecified atom stereocenters. The van der Waals surface area contributed by atoms with Crippen LogP contribution in [0, 0.1) is 0 Å². The van der Waals surface area contributed by atoms with Crippen LogP contribution in [0.2, 0.25) is 5.02 Å². The molecule has 3 N–H and O–H groups in total. The maximum atomic E-state index is 13.3. The standard InChI is InChI=1S/C38H49ClN4O4/c1-2-47-35(44)28-43-24-18-34(19-25-43)41-36(45)40-29-37(30-10-5-3-6-11-30,31-12-7-4-8-13-31)20-9-23-42-26-21-38(46,22-27-42)32-14-16-33(39)17-15-32/h3-8,10-17,34,46H,2,9,18-29H2,1H3,(H2,40,41,45). The van der Waals surface area contributed by atoms with E-state index in [1.807, 2.05) is 43.3 Å². The van der Waals surface area contributed by atoms with Crippen LogP contribution in [0.3, 0.4) is 0 Å². The number of hydrogen-bond donors (Lipinski definition) is 3. The highest BCUT2D eigenvalue weighted by Gasteiger charge is 2.37. The van der Waals surface area contributed by atoms with E-state index < -0.39 is 11.0 Å². The third-order valence-electron chi connectivity index (χ3n) is 9.93. The number of ether oxygens (including phenoxy) is 1. The molecule has 2 amide bonds. The summed E-state index contributed by atoms with van der Waals surface area (Å²) in [6, 6.07) is 28.5. The van der Waals surface area contributed by atoms with Gasteiger partial charge in [-0.05, 0) is 80.8 Å². The van der Waals surface area contributed by atoms with Crippen molar-refractivity contribution in [2.45, 2.75) is 62.5 Å². The molecular weight excluding hydrogens is 612 g/mol. The molecule has 3 aromatic rings. The minimum absolute atomic E-state index is 0.0573. The monoisotopic (exact) mass is 660 g/mol. The number of benzene rings is 3. The first-order valence-electron chi connectivity index (χ1n) is 17.0. The van der Waals surface area contributed by atoms with Crippen LogP contribution in [-0.4, -0.2) is 85.4 Å². The van der Waals surface area contributed by atoms with Gasteiger partial charge in [-0.25, -0.2) is 4.79 Å². The Bertz CT molecular complexity index is 1370. The van der Waals surface area contributed by atoms with Gasteiger partial charge >= 0.3 is 12.0 Å². The fourth-order valence-electron chi connectivity index (χ4n) is 7.15.